The third-order valence-corrected chi connectivity index (χ3v) is 4.03. The van der Waals surface area contributed by atoms with E-state index >= 15 is 0 Å². The fourth-order valence-corrected chi connectivity index (χ4v) is 2.40. The minimum atomic E-state index is -0.543. The van der Waals surface area contributed by atoms with Crippen molar-refractivity contribution < 1.29 is 14.3 Å². The van der Waals surface area contributed by atoms with Crippen molar-refractivity contribution in [1.82, 2.24) is 21.3 Å². The first kappa shape index (κ1) is 25.0. The molecule has 2 amide bonds. The highest BCUT2D eigenvalue weighted by Crippen LogP contribution is 2.16. The van der Waals surface area contributed by atoms with Crippen LogP contribution in [0, 0.1) is 0 Å². The third-order valence-electron chi connectivity index (χ3n) is 4.03. The number of rotatable bonds is 9. The van der Waals surface area contributed by atoms with Crippen LogP contribution in [0.5, 0.6) is 0 Å². The zero-order chi connectivity index (χ0) is 21.1. The number of aliphatic imine (C=N–C) groups is 1. The molecule has 0 rings (SSSR count). The van der Waals surface area contributed by atoms with Crippen LogP contribution in [0.15, 0.2) is 4.99 Å². The molecule has 8 nitrogen and oxygen atoms in total. The first-order valence-electron chi connectivity index (χ1n) is 9.72. The Morgan fingerprint density at radius 2 is 1.67 bits per heavy atom. The van der Waals surface area contributed by atoms with E-state index in [1.807, 2.05) is 48.5 Å². The molecule has 0 aromatic rings. The van der Waals surface area contributed by atoms with Crippen LogP contribution < -0.4 is 21.3 Å². The van der Waals surface area contributed by atoms with Gasteiger partial charge in [0.05, 0.1) is 5.54 Å². The van der Waals surface area contributed by atoms with E-state index in [1.165, 1.54) is 0 Å². The molecule has 0 atom stereocenters. The van der Waals surface area contributed by atoms with Gasteiger partial charge in [-0.05, 0) is 47.5 Å². The summed E-state index contributed by atoms with van der Waals surface area (Å²) < 4.78 is 5.38. The molecule has 0 aromatic carbocycles. The smallest absolute Gasteiger partial charge is 0.408 e. The molecule has 0 fully saturated rings. The first-order valence-corrected chi connectivity index (χ1v) is 9.72. The predicted octanol–water partition coefficient (Wildman–Crippen LogP) is 2.15. The second-order valence-electron chi connectivity index (χ2n) is 7.94. The number of nitrogens with zero attached hydrogens (tertiary/aromatic N) is 1. The topological polar surface area (TPSA) is 104 Å². The summed E-state index contributed by atoms with van der Waals surface area (Å²) in [5, 5.41) is 12.2. The summed E-state index contributed by atoms with van der Waals surface area (Å²) in [6.07, 6.45) is 1.41. The van der Waals surface area contributed by atoms with Crippen molar-refractivity contribution in [3.8, 4) is 0 Å². The Labute approximate surface area is 164 Å². The van der Waals surface area contributed by atoms with Crippen LogP contribution in [0.1, 0.15) is 67.7 Å². The first-order chi connectivity index (χ1) is 12.5. The summed E-state index contributed by atoms with van der Waals surface area (Å²) in [6.45, 7) is 14.4. The van der Waals surface area contributed by atoms with Crippen LogP contribution in [0.2, 0.25) is 0 Å². The molecule has 0 saturated heterocycles. The Kier molecular flexibility index (Phi) is 10.8. The monoisotopic (exact) mass is 385 g/mol. The largest absolute Gasteiger partial charge is 0.444 e. The zero-order valence-electron chi connectivity index (χ0n) is 18.3. The normalized spacial score (nSPS) is 12.6. The third kappa shape index (κ3) is 11.4. The molecule has 0 aliphatic rings. The van der Waals surface area contributed by atoms with Crippen molar-refractivity contribution in [3.05, 3.63) is 0 Å². The van der Waals surface area contributed by atoms with Gasteiger partial charge in [-0.15, -0.1) is 0 Å². The molecule has 0 heterocycles. The summed E-state index contributed by atoms with van der Waals surface area (Å²) in [4.78, 5) is 28.1. The van der Waals surface area contributed by atoms with Gasteiger partial charge in [0.1, 0.15) is 5.60 Å². The quantitative estimate of drug-likeness (QED) is 0.360. The van der Waals surface area contributed by atoms with Gasteiger partial charge < -0.3 is 26.0 Å². The van der Waals surface area contributed by atoms with Gasteiger partial charge in [0.2, 0.25) is 5.91 Å². The molecule has 0 aliphatic heterocycles. The average molecular weight is 386 g/mol. The summed E-state index contributed by atoms with van der Waals surface area (Å²) in [6, 6.07) is 0.128. The van der Waals surface area contributed by atoms with Crippen LogP contribution in [-0.2, 0) is 9.53 Å². The van der Waals surface area contributed by atoms with E-state index in [0.29, 0.717) is 25.5 Å². The van der Waals surface area contributed by atoms with Crippen molar-refractivity contribution in [2.45, 2.75) is 84.9 Å². The molecule has 27 heavy (non-hydrogen) atoms. The van der Waals surface area contributed by atoms with Gasteiger partial charge in [-0.2, -0.15) is 0 Å². The lowest BCUT2D eigenvalue weighted by molar-refractivity contribution is -0.121. The lowest BCUT2D eigenvalue weighted by Crippen LogP contribution is -2.57. The number of hydrogen-bond donors (Lipinski definition) is 4. The van der Waals surface area contributed by atoms with Crippen molar-refractivity contribution in [2.75, 3.05) is 20.1 Å². The fourth-order valence-electron chi connectivity index (χ4n) is 2.40. The second-order valence-corrected chi connectivity index (χ2v) is 7.94. The Hall–Kier alpha value is -1.99. The minimum Gasteiger partial charge on any atom is -0.444 e. The fraction of sp³-hybridized carbons (Fsp3) is 0.842. The molecule has 4 N–H and O–H groups in total. The number of guanidine groups is 1. The van der Waals surface area contributed by atoms with Crippen LogP contribution >= 0.6 is 0 Å². The number of ether oxygens (including phenoxy) is 1. The van der Waals surface area contributed by atoms with Gasteiger partial charge in [0, 0.05) is 32.6 Å². The molecule has 0 saturated carbocycles. The van der Waals surface area contributed by atoms with Crippen LogP contribution in [0.3, 0.4) is 0 Å². The average Bonchev–Trinajstić information content (AvgIpc) is 2.54. The van der Waals surface area contributed by atoms with Crippen molar-refractivity contribution >= 4 is 18.0 Å². The Morgan fingerprint density at radius 3 is 2.11 bits per heavy atom. The summed E-state index contributed by atoms with van der Waals surface area (Å²) in [5.41, 5.74) is -0.992. The molecule has 0 aliphatic carbocycles. The van der Waals surface area contributed by atoms with E-state index in [4.69, 9.17) is 4.74 Å². The SMILES string of the molecule is CCC(CC)(CNC(=NC)NCCC(=O)NC(C)C)NC(=O)OC(C)(C)C. The molecule has 8 heteroatoms. The van der Waals surface area contributed by atoms with Crippen LogP contribution in [0.4, 0.5) is 4.79 Å². The summed E-state index contributed by atoms with van der Waals surface area (Å²) in [5.74, 6) is 0.584. The molecular weight excluding hydrogens is 346 g/mol. The zero-order valence-corrected chi connectivity index (χ0v) is 18.3. The summed E-state index contributed by atoms with van der Waals surface area (Å²) >= 11 is 0. The maximum Gasteiger partial charge on any atom is 0.408 e. The molecule has 158 valence electrons. The number of carbonyl (C=O) groups excluding carboxylic acids is 2. The van der Waals surface area contributed by atoms with Gasteiger partial charge in [0.25, 0.3) is 0 Å². The van der Waals surface area contributed by atoms with Crippen molar-refractivity contribution in [3.63, 3.8) is 0 Å². The molecule has 0 bridgehead atoms. The lowest BCUT2D eigenvalue weighted by Gasteiger charge is -2.34. The Morgan fingerprint density at radius 1 is 1.07 bits per heavy atom. The Balaban J connectivity index is 4.63. The van der Waals surface area contributed by atoms with Crippen molar-refractivity contribution in [2.24, 2.45) is 4.99 Å². The predicted molar refractivity (Wildman–Crippen MR) is 110 cm³/mol. The van der Waals surface area contributed by atoms with E-state index in [9.17, 15) is 9.59 Å². The lowest BCUT2D eigenvalue weighted by atomic mass is 9.93. The minimum absolute atomic E-state index is 0.00370. The number of carbonyl (C=O) groups is 2. The number of nitrogens with one attached hydrogen (secondary N) is 4. The highest BCUT2D eigenvalue weighted by molar-refractivity contribution is 5.81. The highest BCUT2D eigenvalue weighted by atomic mass is 16.6. The van der Waals surface area contributed by atoms with Gasteiger partial charge in [-0.25, -0.2) is 4.79 Å². The molecule has 0 spiro atoms. The van der Waals surface area contributed by atoms with Gasteiger partial charge in [-0.3, -0.25) is 9.79 Å². The van der Waals surface area contributed by atoms with E-state index in [1.54, 1.807) is 7.05 Å². The van der Waals surface area contributed by atoms with Gasteiger partial charge in [0.15, 0.2) is 5.96 Å². The Bertz CT molecular complexity index is 494. The second kappa shape index (κ2) is 11.7. The highest BCUT2D eigenvalue weighted by Gasteiger charge is 2.30. The van der Waals surface area contributed by atoms with Gasteiger partial charge in [-0.1, -0.05) is 13.8 Å². The van der Waals surface area contributed by atoms with Crippen molar-refractivity contribution in [1.29, 1.82) is 0 Å². The maximum atomic E-state index is 12.2. The molecule has 0 unspecified atom stereocenters. The summed E-state index contributed by atoms with van der Waals surface area (Å²) in [7, 11) is 1.67. The number of hydrogen-bond acceptors (Lipinski definition) is 4. The van der Waals surface area contributed by atoms with Crippen LogP contribution in [0.25, 0.3) is 0 Å². The number of alkyl carbamates (subject to hydrolysis) is 1. The molecule has 0 aromatic heterocycles. The van der Waals surface area contributed by atoms with Gasteiger partial charge >= 0.3 is 6.09 Å². The number of amides is 2. The standard InChI is InChI=1S/C19H39N5O3/c1-9-19(10-2,24-17(26)27-18(5,6)7)13-22-16(20-8)21-12-11-15(25)23-14(3)4/h14H,9-13H2,1-8H3,(H,23,25)(H,24,26)(H2,20,21,22). The maximum absolute atomic E-state index is 12.2. The van der Waals surface area contributed by atoms with E-state index in [-0.39, 0.29) is 11.9 Å². The van der Waals surface area contributed by atoms with E-state index in [0.717, 1.165) is 12.8 Å². The molecular formula is C19H39N5O3. The van der Waals surface area contributed by atoms with E-state index < -0.39 is 17.2 Å². The van der Waals surface area contributed by atoms with Crippen LogP contribution in [-0.4, -0.2) is 55.3 Å². The van der Waals surface area contributed by atoms with E-state index in [2.05, 4.69) is 26.3 Å². The molecule has 0 radical (unpaired) electrons.